The van der Waals surface area contributed by atoms with E-state index in [1.165, 1.54) is 27.8 Å². The predicted molar refractivity (Wildman–Crippen MR) is 352 cm³/mol. The van der Waals surface area contributed by atoms with E-state index in [0.717, 1.165) is 93.0 Å². The molecular formula is C78H73Ir2N5O2-. The van der Waals surface area contributed by atoms with Crippen LogP contribution in [0.4, 0.5) is 0 Å². The molecule has 12 aromatic rings. The van der Waals surface area contributed by atoms with Gasteiger partial charge in [-0.3, -0.25) is 15.0 Å². The van der Waals surface area contributed by atoms with Crippen LogP contribution in [0, 0.1) is 24.3 Å². The summed E-state index contributed by atoms with van der Waals surface area (Å²) in [6.07, 6.45) is 5.60. The van der Waals surface area contributed by atoms with E-state index in [2.05, 4.69) is 196 Å². The average Bonchev–Trinajstić information content (AvgIpc) is 1.75. The number of pyridine rings is 5. The second-order valence-corrected chi connectivity index (χ2v) is 20.3. The van der Waals surface area contributed by atoms with E-state index in [1.54, 1.807) is 0 Å². The summed E-state index contributed by atoms with van der Waals surface area (Å²) in [4.78, 5) is 23.2. The van der Waals surface area contributed by atoms with Crippen LogP contribution in [-0.4, -0.2) is 49.4 Å². The van der Waals surface area contributed by atoms with Crippen molar-refractivity contribution >= 4 is 0 Å². The molecule has 7 nitrogen and oxygen atoms in total. The second kappa shape index (κ2) is 37.2. The zero-order valence-electron chi connectivity index (χ0n) is 50.4. The summed E-state index contributed by atoms with van der Waals surface area (Å²) >= 11 is 0. The molecule has 0 fully saturated rings. The van der Waals surface area contributed by atoms with Gasteiger partial charge in [0, 0.05) is 58.5 Å². The molecule has 87 heavy (non-hydrogen) atoms. The van der Waals surface area contributed by atoms with Gasteiger partial charge in [-0.25, -0.2) is 0 Å². The Hall–Kier alpha value is -8.49. The summed E-state index contributed by atoms with van der Waals surface area (Å²) in [5.41, 5.74) is 20.3. The van der Waals surface area contributed by atoms with Crippen molar-refractivity contribution in [1.29, 1.82) is 0 Å². The summed E-state index contributed by atoms with van der Waals surface area (Å²) < 4.78 is 0. The van der Waals surface area contributed by atoms with Gasteiger partial charge in [-0.1, -0.05) is 173 Å². The van der Waals surface area contributed by atoms with Crippen molar-refractivity contribution in [3.05, 3.63) is 308 Å². The van der Waals surface area contributed by atoms with E-state index in [1.807, 2.05) is 152 Å². The minimum atomic E-state index is 0. The minimum Gasteiger partial charge on any atom is -0.400 e. The van der Waals surface area contributed by atoms with Crippen LogP contribution in [0.5, 0.6) is 0 Å². The monoisotopic (exact) mass is 1500 g/mol. The first-order valence-electron chi connectivity index (χ1n) is 28.5. The number of benzene rings is 7. The molecule has 9 heteroatoms. The molecule has 7 aromatic carbocycles. The van der Waals surface area contributed by atoms with Crippen molar-refractivity contribution in [2.24, 2.45) is 0 Å². The number of hydrogen-bond donors (Lipinski definition) is 2. The molecule has 441 valence electrons. The Labute approximate surface area is 543 Å². The molecule has 0 amide bonds. The van der Waals surface area contributed by atoms with Crippen LogP contribution in [0.25, 0.3) is 89.9 Å². The fourth-order valence-electron chi connectivity index (χ4n) is 8.88. The van der Waals surface area contributed by atoms with Crippen molar-refractivity contribution in [3.8, 4) is 89.9 Å². The van der Waals surface area contributed by atoms with E-state index in [-0.39, 0.29) is 40.2 Å². The third-order valence-electron chi connectivity index (χ3n) is 13.5. The molecule has 5 heterocycles. The Morgan fingerprint density at radius 1 is 0.276 bits per heavy atom. The van der Waals surface area contributed by atoms with Crippen LogP contribution < -0.4 is 0 Å². The Kier molecular flexibility index (Phi) is 29.6. The standard InChI is InChI=1S/C31H24N2.C17H13N.2C14H14N.2CH4O.2Ir/c1-22(2)26-18-28(24-14-8-4-9-15-24)32-30(19-26)31-21-27(23-12-6-3-7-13-23)20-29(33-31)25-16-10-5-11-17-25;1-3-7-14(8-4-1)16-11-12-18-17(13-16)15-9-5-2-6-10-15;2*1-11(2)13-8-9-15-14(10-13)12-6-4-3-5-7-12;2*1-2;;/h3-14,16,18-22H,1-2H3;1-13H;2*3-6,8-11H,1-2H3;2*2H,1H3;;/q-2;;2*-1;;;;+3. The first-order chi connectivity index (χ1) is 41.6. The van der Waals surface area contributed by atoms with Crippen LogP contribution in [0.3, 0.4) is 0 Å². The van der Waals surface area contributed by atoms with Gasteiger partial charge in [-0.15, -0.1) is 144 Å². The fourth-order valence-corrected chi connectivity index (χ4v) is 8.88. The van der Waals surface area contributed by atoms with Crippen LogP contribution in [-0.2, 0) is 40.2 Å². The molecule has 0 atom stereocenters. The van der Waals surface area contributed by atoms with E-state index in [4.69, 9.17) is 20.2 Å². The van der Waals surface area contributed by atoms with Crippen LogP contribution in [0.2, 0.25) is 0 Å². The number of aliphatic hydroxyl groups is 2. The molecule has 0 saturated heterocycles. The normalized spacial score (nSPS) is 10.1. The Morgan fingerprint density at radius 2 is 0.575 bits per heavy atom. The maximum atomic E-state index is 7.00. The maximum Gasteiger partial charge on any atom is 3.00 e. The molecule has 0 aliphatic heterocycles. The van der Waals surface area contributed by atoms with Gasteiger partial charge >= 0.3 is 20.1 Å². The number of aromatic nitrogens is 5. The van der Waals surface area contributed by atoms with Crippen LogP contribution in [0.15, 0.2) is 267 Å². The van der Waals surface area contributed by atoms with Gasteiger partial charge in [0.2, 0.25) is 0 Å². The summed E-state index contributed by atoms with van der Waals surface area (Å²) in [5.74, 6) is 1.44. The number of hydrogen-bond acceptors (Lipinski definition) is 7. The zero-order chi connectivity index (χ0) is 60.2. The first kappa shape index (κ1) is 69.3. The van der Waals surface area contributed by atoms with Gasteiger partial charge in [-0.05, 0) is 99.2 Å². The van der Waals surface area contributed by atoms with Crippen LogP contribution in [0.1, 0.15) is 76.0 Å². The fraction of sp³-hybridized carbons (Fsp3) is 0.141. The topological polar surface area (TPSA) is 105 Å². The average molecular weight is 1500 g/mol. The van der Waals surface area contributed by atoms with Gasteiger partial charge in [0.05, 0.1) is 17.1 Å². The molecule has 0 unspecified atom stereocenters. The molecule has 0 bridgehead atoms. The van der Waals surface area contributed by atoms with Gasteiger partial charge in [0.15, 0.2) is 0 Å². The second-order valence-electron chi connectivity index (χ2n) is 20.3. The third-order valence-corrected chi connectivity index (χ3v) is 13.5. The zero-order valence-corrected chi connectivity index (χ0v) is 55.2. The summed E-state index contributed by atoms with van der Waals surface area (Å²) in [6.45, 7) is 13.2. The Bertz CT molecular complexity index is 3640. The van der Waals surface area contributed by atoms with Gasteiger partial charge in [-0.2, -0.15) is 0 Å². The Balaban J connectivity index is 0.000000219. The molecule has 0 spiro atoms. The molecular weight excluding hydrogens is 1420 g/mol. The molecule has 1 radical (unpaired) electrons. The molecule has 12 rings (SSSR count). The van der Waals surface area contributed by atoms with E-state index in [0.29, 0.717) is 17.8 Å². The smallest absolute Gasteiger partial charge is 0.400 e. The van der Waals surface area contributed by atoms with Gasteiger partial charge < -0.3 is 20.2 Å². The number of aliphatic hydroxyl groups excluding tert-OH is 2. The van der Waals surface area contributed by atoms with Crippen molar-refractivity contribution in [3.63, 3.8) is 0 Å². The minimum absolute atomic E-state index is 0. The van der Waals surface area contributed by atoms with E-state index >= 15 is 0 Å². The Morgan fingerprint density at radius 3 is 0.977 bits per heavy atom. The predicted octanol–water partition coefficient (Wildman–Crippen LogP) is 18.8. The SMILES string of the molecule is CC(C)c1cc(-c2[c-]cccc2)nc(-c2cc(-c3ccccc3)cc(-c3[c-]cccc3)n2)c1.CC(C)c1ccnc(-c2[c-]cccc2)c1.CC(C)c1ccnc(-c2[c-]cccc2)c1.CO.CO.[Ir+3].[Ir].c1ccc(-c2ccnc(-c3ccccc3)c2)cc1. The first-order valence-corrected chi connectivity index (χ1v) is 28.5. The van der Waals surface area contributed by atoms with E-state index in [9.17, 15) is 0 Å². The summed E-state index contributed by atoms with van der Waals surface area (Å²) in [6, 6.07) is 97.0. The molecule has 0 aliphatic carbocycles. The molecule has 2 N–H and O–H groups in total. The molecule has 0 aliphatic rings. The van der Waals surface area contributed by atoms with Crippen molar-refractivity contribution in [2.45, 2.75) is 59.3 Å². The molecule has 0 saturated carbocycles. The van der Waals surface area contributed by atoms with Gasteiger partial charge in [0.25, 0.3) is 0 Å². The summed E-state index contributed by atoms with van der Waals surface area (Å²) in [7, 11) is 2.00. The summed E-state index contributed by atoms with van der Waals surface area (Å²) in [5, 5.41) is 14.0. The largest absolute Gasteiger partial charge is 3.00 e. The molecule has 5 aromatic heterocycles. The van der Waals surface area contributed by atoms with Crippen molar-refractivity contribution in [1.82, 2.24) is 24.9 Å². The van der Waals surface area contributed by atoms with Gasteiger partial charge in [0.1, 0.15) is 0 Å². The number of rotatable bonds is 11. The van der Waals surface area contributed by atoms with E-state index < -0.39 is 0 Å². The van der Waals surface area contributed by atoms with Crippen molar-refractivity contribution < 1.29 is 50.4 Å². The quantitative estimate of drug-likeness (QED) is 0.124. The maximum absolute atomic E-state index is 7.00. The third kappa shape index (κ3) is 20.9. The number of nitrogens with zero attached hydrogens (tertiary/aromatic N) is 5. The van der Waals surface area contributed by atoms with Crippen LogP contribution >= 0.6 is 0 Å². The van der Waals surface area contributed by atoms with Crippen molar-refractivity contribution in [2.75, 3.05) is 14.2 Å².